The zero-order chi connectivity index (χ0) is 19.1. The average Bonchev–Trinajstić information content (AvgIpc) is 2.59. The highest BCUT2D eigenvalue weighted by Crippen LogP contribution is 2.01. The van der Waals surface area contributed by atoms with Crippen LogP contribution < -0.4 is 0 Å². The lowest BCUT2D eigenvalue weighted by Crippen LogP contribution is -2.46. The molecular weight excluding hydrogens is 318 g/mol. The molecule has 0 saturated heterocycles. The van der Waals surface area contributed by atoms with E-state index in [1.165, 1.54) is 0 Å². The van der Waals surface area contributed by atoms with E-state index in [9.17, 15) is 9.59 Å². The van der Waals surface area contributed by atoms with Gasteiger partial charge in [0.2, 0.25) is 11.8 Å². The van der Waals surface area contributed by atoms with Crippen LogP contribution in [0.4, 0.5) is 0 Å². The van der Waals surface area contributed by atoms with Gasteiger partial charge in [-0.2, -0.15) is 0 Å². The molecular formula is C19H31N3O3. The molecule has 140 valence electrons. The Morgan fingerprint density at radius 3 is 1.40 bits per heavy atom. The number of nitrogens with zero attached hydrogens (tertiary/aromatic N) is 3. The molecule has 0 unspecified atom stereocenters. The minimum absolute atomic E-state index is 0.00490. The first-order valence-electron chi connectivity index (χ1n) is 8.36. The molecule has 0 bridgehead atoms. The predicted molar refractivity (Wildman–Crippen MR) is 102 cm³/mol. The largest absolute Gasteiger partial charge is 0.396 e. The average molecular weight is 349 g/mol. The van der Waals surface area contributed by atoms with Crippen molar-refractivity contribution in [2.45, 2.75) is 6.42 Å². The molecule has 0 aliphatic rings. The summed E-state index contributed by atoms with van der Waals surface area (Å²) in [5.41, 5.74) is 0. The maximum atomic E-state index is 12.5. The second-order valence-corrected chi connectivity index (χ2v) is 5.54. The van der Waals surface area contributed by atoms with Crippen LogP contribution in [-0.4, -0.2) is 84.0 Å². The Kier molecular flexibility index (Phi) is 13.0. The maximum absolute atomic E-state index is 12.5. The van der Waals surface area contributed by atoms with Gasteiger partial charge < -0.3 is 14.9 Å². The van der Waals surface area contributed by atoms with E-state index in [2.05, 4.69) is 26.3 Å². The molecule has 0 aliphatic heterocycles. The molecule has 0 fully saturated rings. The van der Waals surface area contributed by atoms with E-state index in [4.69, 9.17) is 5.11 Å². The zero-order valence-corrected chi connectivity index (χ0v) is 15.1. The van der Waals surface area contributed by atoms with Crippen molar-refractivity contribution in [3.63, 3.8) is 0 Å². The summed E-state index contributed by atoms with van der Waals surface area (Å²) in [7, 11) is 0. The van der Waals surface area contributed by atoms with Crippen molar-refractivity contribution in [1.82, 2.24) is 14.7 Å². The highest BCUT2D eigenvalue weighted by Gasteiger charge is 2.20. The van der Waals surface area contributed by atoms with Gasteiger partial charge >= 0.3 is 0 Å². The molecule has 25 heavy (non-hydrogen) atoms. The predicted octanol–water partition coefficient (Wildman–Crippen LogP) is 1.07. The Bertz CT molecular complexity index is 405. The molecule has 6 nitrogen and oxygen atoms in total. The van der Waals surface area contributed by atoms with Crippen molar-refractivity contribution in [3.8, 4) is 0 Å². The molecule has 0 aliphatic carbocycles. The van der Waals surface area contributed by atoms with Gasteiger partial charge in [0, 0.05) is 39.3 Å². The highest BCUT2D eigenvalue weighted by atomic mass is 16.3. The Balaban J connectivity index is 4.96. The first-order chi connectivity index (χ1) is 12.0. The summed E-state index contributed by atoms with van der Waals surface area (Å²) in [6.07, 6.45) is 7.11. The fraction of sp³-hybridized carbons (Fsp3) is 0.474. The second-order valence-electron chi connectivity index (χ2n) is 5.54. The van der Waals surface area contributed by atoms with Crippen molar-refractivity contribution in [2.75, 3.05) is 52.4 Å². The van der Waals surface area contributed by atoms with Crippen LogP contribution in [0, 0.1) is 0 Å². The smallest absolute Gasteiger partial charge is 0.237 e. The fourth-order valence-corrected chi connectivity index (χ4v) is 2.27. The summed E-state index contributed by atoms with van der Waals surface area (Å²) in [5.74, 6) is -0.214. The number of aliphatic hydroxyl groups is 1. The van der Waals surface area contributed by atoms with E-state index in [0.29, 0.717) is 39.1 Å². The lowest BCUT2D eigenvalue weighted by atomic mass is 10.3. The molecule has 0 spiro atoms. The lowest BCUT2D eigenvalue weighted by Gasteiger charge is -2.28. The van der Waals surface area contributed by atoms with Crippen LogP contribution in [0.5, 0.6) is 0 Å². The topological polar surface area (TPSA) is 64.1 Å². The fourth-order valence-electron chi connectivity index (χ4n) is 2.27. The molecule has 0 radical (unpaired) electrons. The van der Waals surface area contributed by atoms with E-state index in [1.54, 1.807) is 39.0 Å². The first kappa shape index (κ1) is 22.8. The van der Waals surface area contributed by atoms with Gasteiger partial charge in [-0.3, -0.25) is 14.5 Å². The van der Waals surface area contributed by atoms with Crippen molar-refractivity contribution < 1.29 is 14.7 Å². The van der Waals surface area contributed by atoms with Gasteiger partial charge in [0.1, 0.15) is 0 Å². The Morgan fingerprint density at radius 1 is 0.760 bits per heavy atom. The molecule has 0 aromatic rings. The Morgan fingerprint density at radius 2 is 1.12 bits per heavy atom. The summed E-state index contributed by atoms with van der Waals surface area (Å²) in [4.78, 5) is 29.9. The summed E-state index contributed by atoms with van der Waals surface area (Å²) in [6.45, 7) is 17.0. The maximum Gasteiger partial charge on any atom is 0.237 e. The monoisotopic (exact) mass is 349 g/mol. The molecule has 0 heterocycles. The van der Waals surface area contributed by atoms with Gasteiger partial charge in [-0.25, -0.2) is 0 Å². The van der Waals surface area contributed by atoms with Crippen LogP contribution in [0.15, 0.2) is 50.6 Å². The van der Waals surface area contributed by atoms with E-state index in [-0.39, 0.29) is 31.5 Å². The normalized spacial score (nSPS) is 10.2. The van der Waals surface area contributed by atoms with E-state index >= 15 is 0 Å². The minimum atomic E-state index is -0.107. The molecule has 0 rings (SSSR count). The van der Waals surface area contributed by atoms with Crippen LogP contribution in [0.2, 0.25) is 0 Å². The van der Waals surface area contributed by atoms with Gasteiger partial charge in [-0.15, -0.1) is 26.3 Å². The summed E-state index contributed by atoms with van der Waals surface area (Å²) in [6, 6.07) is 0. The van der Waals surface area contributed by atoms with Crippen LogP contribution in [0.1, 0.15) is 6.42 Å². The number of hydrogen-bond donors (Lipinski definition) is 1. The zero-order valence-electron chi connectivity index (χ0n) is 15.1. The molecule has 0 aromatic carbocycles. The lowest BCUT2D eigenvalue weighted by molar-refractivity contribution is -0.134. The van der Waals surface area contributed by atoms with Crippen LogP contribution in [0.3, 0.4) is 0 Å². The van der Waals surface area contributed by atoms with Gasteiger partial charge in [-0.05, 0) is 6.42 Å². The van der Waals surface area contributed by atoms with Gasteiger partial charge in [-0.1, -0.05) is 24.3 Å². The third kappa shape index (κ3) is 9.64. The van der Waals surface area contributed by atoms with Crippen molar-refractivity contribution in [2.24, 2.45) is 0 Å². The van der Waals surface area contributed by atoms with Gasteiger partial charge in [0.15, 0.2) is 0 Å². The number of hydrogen-bond acceptors (Lipinski definition) is 4. The highest BCUT2D eigenvalue weighted by molar-refractivity contribution is 5.81. The third-order valence-corrected chi connectivity index (χ3v) is 3.45. The number of rotatable bonds is 15. The number of aliphatic hydroxyl groups excluding tert-OH is 1. The minimum Gasteiger partial charge on any atom is -0.396 e. The summed E-state index contributed by atoms with van der Waals surface area (Å²) < 4.78 is 0. The van der Waals surface area contributed by atoms with Gasteiger partial charge in [0.25, 0.3) is 0 Å². The third-order valence-electron chi connectivity index (χ3n) is 3.45. The SMILES string of the molecule is C=CCN(CC=C)C(=O)CN(CCCO)CC(=O)N(CC=C)CC=C. The van der Waals surface area contributed by atoms with Crippen LogP contribution in [-0.2, 0) is 9.59 Å². The van der Waals surface area contributed by atoms with Gasteiger partial charge in [0.05, 0.1) is 13.1 Å². The van der Waals surface area contributed by atoms with Crippen LogP contribution in [0.25, 0.3) is 0 Å². The van der Waals surface area contributed by atoms with Crippen molar-refractivity contribution in [1.29, 1.82) is 0 Å². The molecule has 6 heteroatoms. The summed E-state index contributed by atoms with van der Waals surface area (Å²) in [5, 5.41) is 9.07. The second kappa shape index (κ2) is 14.2. The quantitative estimate of drug-likeness (QED) is 0.449. The number of carbonyl (C=O) groups excluding carboxylic acids is 2. The van der Waals surface area contributed by atoms with E-state index in [0.717, 1.165) is 0 Å². The van der Waals surface area contributed by atoms with Crippen LogP contribution >= 0.6 is 0 Å². The Hall–Kier alpha value is -2.18. The summed E-state index contributed by atoms with van der Waals surface area (Å²) >= 11 is 0. The molecule has 0 saturated carbocycles. The molecule has 0 aromatic heterocycles. The van der Waals surface area contributed by atoms with Crippen molar-refractivity contribution >= 4 is 11.8 Å². The van der Waals surface area contributed by atoms with E-state index < -0.39 is 0 Å². The first-order valence-corrected chi connectivity index (χ1v) is 8.36. The number of carbonyl (C=O) groups is 2. The van der Waals surface area contributed by atoms with Crippen molar-refractivity contribution in [3.05, 3.63) is 50.6 Å². The molecule has 0 atom stereocenters. The molecule has 1 N–H and O–H groups in total. The standard InChI is InChI=1S/C19H31N3O3/c1-5-10-21(11-6-2)18(24)16-20(14-9-15-23)17-19(25)22(12-7-3)13-8-4/h5-8,23H,1-4,9-17H2. The van der Waals surface area contributed by atoms with E-state index in [1.807, 2.05) is 0 Å². The number of amides is 2. The Labute approximate surface area is 151 Å². The molecule has 2 amide bonds.